The summed E-state index contributed by atoms with van der Waals surface area (Å²) < 4.78 is 20.7. The van der Waals surface area contributed by atoms with Crippen LogP contribution in [0.5, 0.6) is 0 Å². The minimum atomic E-state index is -1.27. The molecular weight excluding hydrogens is 258 g/mol. The zero-order valence-electron chi connectivity index (χ0n) is 10.8. The molecule has 4 heteroatoms. The lowest BCUT2D eigenvalue weighted by molar-refractivity contribution is 0.452. The quantitative estimate of drug-likeness (QED) is 0.820. The minimum Gasteiger partial charge on any atom is -0.468 e. The molecule has 2 rings (SSSR count). The Hall–Kier alpha value is -1.65. The Morgan fingerprint density at radius 3 is 2.68 bits per heavy atom. The normalized spacial score (nSPS) is 13.9. The fourth-order valence-electron chi connectivity index (χ4n) is 1.74. The Kier molecular flexibility index (Phi) is 4.71. The molecule has 0 aliphatic rings. The lowest BCUT2D eigenvalue weighted by atomic mass is 10.2. The molecule has 2 aromatic rings. The largest absolute Gasteiger partial charge is 0.468 e. The summed E-state index contributed by atoms with van der Waals surface area (Å²) in [6.07, 6.45) is 4.06. The molecule has 0 aliphatic heterocycles. The summed E-state index contributed by atoms with van der Waals surface area (Å²) in [7, 11) is -1.27. The first-order valence-corrected chi connectivity index (χ1v) is 7.24. The molecule has 0 fully saturated rings. The molecule has 0 aliphatic carbocycles. The first kappa shape index (κ1) is 13.8. The van der Waals surface area contributed by atoms with Crippen LogP contribution in [0.2, 0.25) is 0 Å². The molecule has 1 N–H and O–H groups in total. The molecule has 2 unspecified atom stereocenters. The van der Waals surface area contributed by atoms with Crippen molar-refractivity contribution in [3.05, 3.63) is 66.6 Å². The molecule has 3 nitrogen and oxygen atoms in total. The molecule has 2 atom stereocenters. The molecule has 0 bridgehead atoms. The maximum absolute atomic E-state index is 12.3. The van der Waals surface area contributed by atoms with Crippen molar-refractivity contribution in [1.29, 1.82) is 0 Å². The van der Waals surface area contributed by atoms with Gasteiger partial charge in [-0.15, -0.1) is 6.58 Å². The third kappa shape index (κ3) is 3.66. The maximum atomic E-state index is 12.3. The maximum Gasteiger partial charge on any atom is 0.125 e. The number of rotatable bonds is 6. The first-order chi connectivity index (χ1) is 9.20. The van der Waals surface area contributed by atoms with Crippen LogP contribution in [0.1, 0.15) is 23.8 Å². The molecular formula is C15H17NO2S. The van der Waals surface area contributed by atoms with Crippen molar-refractivity contribution in [2.45, 2.75) is 24.3 Å². The summed E-state index contributed by atoms with van der Waals surface area (Å²) in [6, 6.07) is 11.2. The van der Waals surface area contributed by atoms with E-state index in [0.29, 0.717) is 6.42 Å². The molecule has 19 heavy (non-hydrogen) atoms. The summed E-state index contributed by atoms with van der Waals surface area (Å²) >= 11 is 0. The van der Waals surface area contributed by atoms with Crippen LogP contribution in [0, 0.1) is 6.92 Å². The molecule has 0 amide bonds. The summed E-state index contributed by atoms with van der Waals surface area (Å²) in [5.74, 6) is 0.764. The number of hydrogen-bond donors (Lipinski definition) is 1. The topological polar surface area (TPSA) is 42.2 Å². The van der Waals surface area contributed by atoms with Crippen molar-refractivity contribution in [2.24, 2.45) is 0 Å². The van der Waals surface area contributed by atoms with Crippen molar-refractivity contribution in [3.8, 4) is 0 Å². The highest BCUT2D eigenvalue weighted by atomic mass is 32.2. The Morgan fingerprint density at radius 1 is 1.37 bits per heavy atom. The van der Waals surface area contributed by atoms with Crippen molar-refractivity contribution >= 4 is 11.0 Å². The van der Waals surface area contributed by atoms with Crippen LogP contribution in [0.15, 0.2) is 64.6 Å². The molecule has 0 radical (unpaired) electrons. The van der Waals surface area contributed by atoms with Crippen molar-refractivity contribution in [3.63, 3.8) is 0 Å². The highest BCUT2D eigenvalue weighted by molar-refractivity contribution is 7.83. The van der Waals surface area contributed by atoms with Crippen LogP contribution in [0.25, 0.3) is 0 Å². The van der Waals surface area contributed by atoms with Crippen LogP contribution >= 0.6 is 0 Å². The average molecular weight is 275 g/mol. The van der Waals surface area contributed by atoms with E-state index in [1.54, 1.807) is 12.3 Å². The number of benzene rings is 1. The van der Waals surface area contributed by atoms with Gasteiger partial charge in [0.05, 0.1) is 17.2 Å². The lowest BCUT2D eigenvalue weighted by Crippen LogP contribution is -2.23. The van der Waals surface area contributed by atoms with Crippen LogP contribution in [0.4, 0.5) is 0 Å². The summed E-state index contributed by atoms with van der Waals surface area (Å²) in [4.78, 5) is 0.756. The van der Waals surface area contributed by atoms with Crippen molar-refractivity contribution in [2.75, 3.05) is 0 Å². The Balaban J connectivity index is 2.11. The fourth-order valence-corrected chi connectivity index (χ4v) is 2.73. The Labute approximate surface area is 115 Å². The average Bonchev–Trinajstić information content (AvgIpc) is 2.92. The second kappa shape index (κ2) is 6.50. The molecule has 1 heterocycles. The zero-order chi connectivity index (χ0) is 13.7. The second-order valence-electron chi connectivity index (χ2n) is 4.29. The molecule has 1 aromatic heterocycles. The predicted molar refractivity (Wildman–Crippen MR) is 77.0 cm³/mol. The van der Waals surface area contributed by atoms with Gasteiger partial charge in [-0.3, -0.25) is 0 Å². The number of nitrogens with one attached hydrogen (secondary N) is 1. The first-order valence-electron chi connectivity index (χ1n) is 6.09. The lowest BCUT2D eigenvalue weighted by Gasteiger charge is -2.14. The van der Waals surface area contributed by atoms with Crippen LogP contribution in [-0.2, 0) is 11.0 Å². The number of aryl methyl sites for hydroxylation is 1. The van der Waals surface area contributed by atoms with E-state index < -0.39 is 11.0 Å². The van der Waals surface area contributed by atoms with Gasteiger partial charge in [-0.2, -0.15) is 0 Å². The SMILES string of the molecule is C=CCC(NS(=O)c1ccc(C)cc1)c1ccco1. The predicted octanol–water partition coefficient (Wildman–Crippen LogP) is 3.52. The number of furan rings is 1. The van der Waals surface area contributed by atoms with Crippen molar-refractivity contribution in [1.82, 2.24) is 4.72 Å². The van der Waals surface area contributed by atoms with Gasteiger partial charge >= 0.3 is 0 Å². The monoisotopic (exact) mass is 275 g/mol. The summed E-state index contributed by atoms with van der Waals surface area (Å²) in [5.41, 5.74) is 1.15. The highest BCUT2D eigenvalue weighted by Gasteiger charge is 2.16. The van der Waals surface area contributed by atoms with E-state index >= 15 is 0 Å². The van der Waals surface area contributed by atoms with Crippen molar-refractivity contribution < 1.29 is 8.63 Å². The van der Waals surface area contributed by atoms with Gasteiger partial charge in [-0.05, 0) is 37.6 Å². The Bertz CT molecular complexity index is 546. The van der Waals surface area contributed by atoms with Crippen LogP contribution in [0.3, 0.4) is 0 Å². The van der Waals surface area contributed by atoms with Crippen LogP contribution < -0.4 is 4.72 Å². The van der Waals surface area contributed by atoms with Gasteiger partial charge in [-0.25, -0.2) is 8.93 Å². The third-order valence-corrected chi connectivity index (χ3v) is 3.97. The van der Waals surface area contributed by atoms with E-state index in [1.807, 2.05) is 43.3 Å². The van der Waals surface area contributed by atoms with E-state index in [4.69, 9.17) is 4.42 Å². The van der Waals surface area contributed by atoms with Gasteiger partial charge in [0.1, 0.15) is 16.7 Å². The smallest absolute Gasteiger partial charge is 0.125 e. The highest BCUT2D eigenvalue weighted by Crippen LogP contribution is 2.19. The summed E-state index contributed by atoms with van der Waals surface area (Å²) in [5, 5.41) is 0. The second-order valence-corrected chi connectivity index (χ2v) is 5.54. The molecule has 0 saturated carbocycles. The standard InChI is InChI=1S/C15H17NO2S/c1-3-5-14(15-6-4-11-18-15)16-19(17)13-9-7-12(2)8-10-13/h3-4,6-11,14,16H,1,5H2,2H3. The van der Waals surface area contributed by atoms with E-state index in [9.17, 15) is 4.21 Å². The summed E-state index contributed by atoms with van der Waals surface area (Å²) in [6.45, 7) is 5.72. The van der Waals surface area contributed by atoms with E-state index in [2.05, 4.69) is 11.3 Å². The van der Waals surface area contributed by atoms with Gasteiger partial charge < -0.3 is 4.42 Å². The Morgan fingerprint density at radius 2 is 2.11 bits per heavy atom. The van der Waals surface area contributed by atoms with E-state index in [-0.39, 0.29) is 6.04 Å². The van der Waals surface area contributed by atoms with Gasteiger partial charge in [0.25, 0.3) is 0 Å². The van der Waals surface area contributed by atoms with E-state index in [1.165, 1.54) is 0 Å². The van der Waals surface area contributed by atoms with Gasteiger partial charge in [-0.1, -0.05) is 23.8 Å². The zero-order valence-corrected chi connectivity index (χ0v) is 11.7. The van der Waals surface area contributed by atoms with Crippen LogP contribution in [-0.4, -0.2) is 4.21 Å². The molecule has 0 spiro atoms. The van der Waals surface area contributed by atoms with E-state index in [0.717, 1.165) is 16.2 Å². The van der Waals surface area contributed by atoms with Gasteiger partial charge in [0.2, 0.25) is 0 Å². The molecule has 0 saturated heterocycles. The number of hydrogen-bond acceptors (Lipinski definition) is 2. The van der Waals surface area contributed by atoms with Gasteiger partial charge in [0.15, 0.2) is 0 Å². The molecule has 1 aromatic carbocycles. The molecule has 100 valence electrons. The minimum absolute atomic E-state index is 0.130. The van der Waals surface area contributed by atoms with Gasteiger partial charge in [0, 0.05) is 0 Å². The fraction of sp³-hybridized carbons (Fsp3) is 0.200. The third-order valence-electron chi connectivity index (χ3n) is 2.77.